The zero-order valence-corrected chi connectivity index (χ0v) is 62.2. The lowest BCUT2D eigenvalue weighted by Crippen LogP contribution is -2.30. The number of carbonyl (C=O) groups is 4. The van der Waals surface area contributed by atoms with E-state index in [1.807, 2.05) is 0 Å². The molecule has 0 aliphatic carbocycles. The average molecular weight is 1370 g/mol. The molecule has 3 N–H and O–H groups in total. The number of ether oxygens (including phenoxy) is 4. The van der Waals surface area contributed by atoms with Gasteiger partial charge in [-0.1, -0.05) is 336 Å². The first-order valence-corrected chi connectivity index (χ1v) is 41.6. The van der Waals surface area contributed by atoms with Gasteiger partial charge in [0.05, 0.1) is 26.4 Å². The van der Waals surface area contributed by atoms with Crippen molar-refractivity contribution < 1.29 is 80.2 Å². The van der Waals surface area contributed by atoms with Gasteiger partial charge < -0.3 is 33.8 Å². The number of carbonyl (C=O) groups excluding carboxylic acids is 4. The summed E-state index contributed by atoms with van der Waals surface area (Å²) in [7, 11) is -9.91. The molecule has 0 radical (unpaired) electrons. The van der Waals surface area contributed by atoms with Crippen LogP contribution in [-0.2, 0) is 65.4 Å². The minimum Gasteiger partial charge on any atom is -0.462 e. The molecule has 0 saturated carbocycles. The minimum absolute atomic E-state index is 0.107. The molecule has 2 unspecified atom stereocenters. The molecule has 552 valence electrons. The second-order valence-electron chi connectivity index (χ2n) is 27.2. The molecule has 0 aromatic heterocycles. The van der Waals surface area contributed by atoms with Gasteiger partial charge in [-0.2, -0.15) is 0 Å². The molecular formula is C74H144O17P2. The number of phosphoric acid groups is 2. The maximum Gasteiger partial charge on any atom is 0.472 e. The van der Waals surface area contributed by atoms with Gasteiger partial charge in [-0.3, -0.25) is 37.3 Å². The highest BCUT2D eigenvalue weighted by atomic mass is 31.2. The summed E-state index contributed by atoms with van der Waals surface area (Å²) in [4.78, 5) is 72.7. The fraction of sp³-hybridized carbons (Fsp3) is 0.946. The van der Waals surface area contributed by atoms with Crippen molar-refractivity contribution in [3.05, 3.63) is 0 Å². The Kier molecular flexibility index (Phi) is 65.9. The Morgan fingerprint density at radius 2 is 0.495 bits per heavy atom. The van der Waals surface area contributed by atoms with E-state index in [1.165, 1.54) is 205 Å². The SMILES string of the molecule is CCCCCCCCCCCCCCCCCCC(=O)O[C@H](COC(=O)CCCCCCCCCCCCCCCCC)COP(=O)(O)OC[C@@H](O)COP(=O)(O)OC[C@@H](COC(=O)CCCCCCCCC(C)C)OC(=O)CCCCCCCCCCCCCCC. The van der Waals surface area contributed by atoms with Crippen LogP contribution >= 0.6 is 15.6 Å². The van der Waals surface area contributed by atoms with Crippen molar-refractivity contribution in [3.8, 4) is 0 Å². The number of unbranched alkanes of at least 4 members (excludes halogenated alkanes) is 46. The van der Waals surface area contributed by atoms with Crippen LogP contribution in [0.3, 0.4) is 0 Å². The van der Waals surface area contributed by atoms with Gasteiger partial charge in [0.15, 0.2) is 12.2 Å². The van der Waals surface area contributed by atoms with Crippen LogP contribution in [0.15, 0.2) is 0 Å². The molecule has 0 aliphatic rings. The van der Waals surface area contributed by atoms with Gasteiger partial charge in [0.25, 0.3) is 0 Å². The molecule has 0 aliphatic heterocycles. The third kappa shape index (κ3) is 68.4. The van der Waals surface area contributed by atoms with Crippen LogP contribution in [-0.4, -0.2) is 96.7 Å². The lowest BCUT2D eigenvalue weighted by atomic mass is 10.0. The van der Waals surface area contributed by atoms with Crippen molar-refractivity contribution in [3.63, 3.8) is 0 Å². The van der Waals surface area contributed by atoms with Crippen LogP contribution in [0.4, 0.5) is 0 Å². The van der Waals surface area contributed by atoms with Gasteiger partial charge in [0.2, 0.25) is 0 Å². The van der Waals surface area contributed by atoms with Crippen LogP contribution in [0.5, 0.6) is 0 Å². The van der Waals surface area contributed by atoms with Crippen LogP contribution in [0.2, 0.25) is 0 Å². The molecule has 0 fully saturated rings. The molecule has 19 heteroatoms. The molecule has 0 bridgehead atoms. The van der Waals surface area contributed by atoms with E-state index in [9.17, 15) is 43.2 Å². The number of aliphatic hydroxyl groups excluding tert-OH is 1. The number of aliphatic hydroxyl groups is 1. The van der Waals surface area contributed by atoms with E-state index >= 15 is 0 Å². The molecular weight excluding hydrogens is 1220 g/mol. The molecule has 0 amide bonds. The summed E-state index contributed by atoms with van der Waals surface area (Å²) < 4.78 is 68.4. The third-order valence-corrected chi connectivity index (χ3v) is 19.2. The first-order chi connectivity index (χ1) is 45.0. The van der Waals surface area contributed by atoms with Gasteiger partial charge in [-0.25, -0.2) is 9.13 Å². The summed E-state index contributed by atoms with van der Waals surface area (Å²) in [6, 6.07) is 0. The number of hydrogen-bond donors (Lipinski definition) is 3. The highest BCUT2D eigenvalue weighted by Gasteiger charge is 2.30. The van der Waals surface area contributed by atoms with Crippen molar-refractivity contribution in [1.29, 1.82) is 0 Å². The van der Waals surface area contributed by atoms with Crippen molar-refractivity contribution in [2.45, 2.75) is 406 Å². The zero-order chi connectivity index (χ0) is 68.4. The van der Waals surface area contributed by atoms with Gasteiger partial charge in [0.1, 0.15) is 19.3 Å². The van der Waals surface area contributed by atoms with E-state index in [-0.39, 0.29) is 25.7 Å². The summed E-state index contributed by atoms with van der Waals surface area (Å²) in [5.41, 5.74) is 0. The second-order valence-corrected chi connectivity index (χ2v) is 30.1. The smallest absolute Gasteiger partial charge is 0.462 e. The van der Waals surface area contributed by atoms with Gasteiger partial charge in [-0.15, -0.1) is 0 Å². The first kappa shape index (κ1) is 91.1. The first-order valence-electron chi connectivity index (χ1n) is 38.6. The number of phosphoric ester groups is 2. The molecule has 93 heavy (non-hydrogen) atoms. The molecule has 0 aromatic carbocycles. The molecule has 0 saturated heterocycles. The monoisotopic (exact) mass is 1370 g/mol. The highest BCUT2D eigenvalue weighted by molar-refractivity contribution is 7.47. The Balaban J connectivity index is 5.23. The molecule has 0 spiro atoms. The Hall–Kier alpha value is -1.94. The predicted molar refractivity (Wildman–Crippen MR) is 377 cm³/mol. The summed E-state index contributed by atoms with van der Waals surface area (Å²) in [5.74, 6) is -1.44. The fourth-order valence-electron chi connectivity index (χ4n) is 11.4. The molecule has 0 heterocycles. The van der Waals surface area contributed by atoms with E-state index in [2.05, 4.69) is 34.6 Å². The Bertz CT molecular complexity index is 1790. The standard InChI is InChI=1S/C74H144O17P2/c1-6-9-12-15-18-21-24-27-29-31-34-37-40-43-50-55-60-73(78)90-69(63-84-71(76)57-52-47-41-38-35-33-30-28-25-22-19-16-13-10-7-2)65-88-92(80,81)86-61-68(75)62-87-93(82,83)89-66-70(64-85-72(77)58-53-48-45-44-46-51-56-67(4)5)91-74(79)59-54-49-42-39-36-32-26-23-20-17-14-11-8-3/h67-70,75H,6-66H2,1-5H3,(H,80,81)(H,82,83)/t68-,69-,70-/m1/s1. The Labute approximate surface area is 568 Å². The fourth-order valence-corrected chi connectivity index (χ4v) is 12.9. The average Bonchev–Trinajstić information content (AvgIpc) is 3.05. The molecule has 17 nitrogen and oxygen atoms in total. The summed E-state index contributed by atoms with van der Waals surface area (Å²) in [6.07, 6.45) is 55.5. The molecule has 5 atom stereocenters. The van der Waals surface area contributed by atoms with Gasteiger partial charge >= 0.3 is 39.5 Å². The number of esters is 4. The van der Waals surface area contributed by atoms with Crippen molar-refractivity contribution in [1.82, 2.24) is 0 Å². The topological polar surface area (TPSA) is 237 Å². The lowest BCUT2D eigenvalue weighted by Gasteiger charge is -2.21. The van der Waals surface area contributed by atoms with E-state index in [0.29, 0.717) is 31.6 Å². The van der Waals surface area contributed by atoms with Crippen LogP contribution < -0.4 is 0 Å². The quantitative estimate of drug-likeness (QED) is 0.0222. The minimum atomic E-state index is -4.95. The zero-order valence-electron chi connectivity index (χ0n) is 60.4. The van der Waals surface area contributed by atoms with Crippen LogP contribution in [0, 0.1) is 5.92 Å². The summed E-state index contributed by atoms with van der Waals surface area (Å²) in [5, 5.41) is 10.6. The van der Waals surface area contributed by atoms with Crippen LogP contribution in [0.1, 0.15) is 388 Å². The molecule has 0 aromatic rings. The summed E-state index contributed by atoms with van der Waals surface area (Å²) in [6.45, 7) is 7.21. The third-order valence-electron chi connectivity index (χ3n) is 17.3. The van der Waals surface area contributed by atoms with Crippen molar-refractivity contribution in [2.24, 2.45) is 5.92 Å². The van der Waals surface area contributed by atoms with Crippen molar-refractivity contribution >= 4 is 39.5 Å². The Morgan fingerprint density at radius 1 is 0.290 bits per heavy atom. The molecule has 0 rings (SSSR count). The van der Waals surface area contributed by atoms with Gasteiger partial charge in [-0.05, 0) is 31.6 Å². The largest absolute Gasteiger partial charge is 0.472 e. The maximum absolute atomic E-state index is 13.1. The van der Waals surface area contributed by atoms with E-state index in [0.717, 1.165) is 96.3 Å². The predicted octanol–water partition coefficient (Wildman–Crippen LogP) is 21.7. The summed E-state index contributed by atoms with van der Waals surface area (Å²) >= 11 is 0. The maximum atomic E-state index is 13.1. The van der Waals surface area contributed by atoms with Crippen LogP contribution in [0.25, 0.3) is 0 Å². The van der Waals surface area contributed by atoms with E-state index < -0.39 is 97.5 Å². The van der Waals surface area contributed by atoms with E-state index in [1.54, 1.807) is 0 Å². The Morgan fingerprint density at radius 3 is 0.731 bits per heavy atom. The van der Waals surface area contributed by atoms with Crippen molar-refractivity contribution in [2.75, 3.05) is 39.6 Å². The van der Waals surface area contributed by atoms with Gasteiger partial charge in [0, 0.05) is 25.7 Å². The number of rotatable bonds is 74. The van der Waals surface area contributed by atoms with E-state index in [4.69, 9.17) is 37.0 Å². The normalized spacial score (nSPS) is 14.0. The highest BCUT2D eigenvalue weighted by Crippen LogP contribution is 2.45. The second kappa shape index (κ2) is 67.3. The lowest BCUT2D eigenvalue weighted by molar-refractivity contribution is -0.161. The number of hydrogen-bond acceptors (Lipinski definition) is 15.